The molecular weight excluding hydrogens is 397 g/mol. The fraction of sp³-hybridized carbons (Fsp3) is 0.571. The number of nitrogens with one attached hydrogen (secondary N) is 2. The number of alkyl halides is 3. The van der Waals surface area contributed by atoms with Crippen LogP contribution in [0.25, 0.3) is 0 Å². The molecule has 30 heavy (non-hydrogen) atoms. The maximum absolute atomic E-state index is 12.6. The number of allylic oxidation sites excluding steroid dienone is 1. The van der Waals surface area contributed by atoms with Crippen molar-refractivity contribution in [1.29, 1.82) is 0 Å². The Morgan fingerprint density at radius 2 is 2.10 bits per heavy atom. The fourth-order valence-corrected chi connectivity index (χ4v) is 3.54. The molecule has 0 radical (unpaired) electrons. The van der Waals surface area contributed by atoms with Crippen LogP contribution in [0.5, 0.6) is 11.5 Å². The Morgan fingerprint density at radius 1 is 1.33 bits per heavy atom. The summed E-state index contributed by atoms with van der Waals surface area (Å²) in [5.74, 6) is 1.88. The third-order valence-corrected chi connectivity index (χ3v) is 4.76. The van der Waals surface area contributed by atoms with Gasteiger partial charge in [-0.1, -0.05) is 6.08 Å². The Bertz CT molecular complexity index is 738. The SMILES string of the molecule is C=CCc1cc(CN=C(NCC)NC2CCN(CC(F)(F)F)C2)cc(OC)c1OC. The molecule has 2 rings (SSSR count). The molecule has 0 spiro atoms. The standard InChI is InChI=1S/C21H31F3N4O2/c1-5-7-16-10-15(11-18(29-3)19(16)30-4)12-26-20(25-6-2)27-17-8-9-28(13-17)14-21(22,23)24/h5,10-11,17H,1,6-9,12-14H2,2-4H3,(H2,25,26,27). The summed E-state index contributed by atoms with van der Waals surface area (Å²) in [6.07, 6.45) is -1.11. The average Bonchev–Trinajstić information content (AvgIpc) is 3.11. The van der Waals surface area contributed by atoms with Gasteiger partial charge in [0, 0.05) is 31.2 Å². The summed E-state index contributed by atoms with van der Waals surface area (Å²) < 4.78 is 48.7. The fourth-order valence-electron chi connectivity index (χ4n) is 3.54. The molecule has 168 valence electrons. The molecule has 1 heterocycles. The van der Waals surface area contributed by atoms with Gasteiger partial charge in [-0.15, -0.1) is 6.58 Å². The van der Waals surface area contributed by atoms with Gasteiger partial charge in [0.25, 0.3) is 0 Å². The maximum atomic E-state index is 12.6. The van der Waals surface area contributed by atoms with Gasteiger partial charge in [-0.3, -0.25) is 4.90 Å². The van der Waals surface area contributed by atoms with Gasteiger partial charge in [0.05, 0.1) is 27.3 Å². The monoisotopic (exact) mass is 428 g/mol. The number of aliphatic imine (C=N–C) groups is 1. The predicted octanol–water partition coefficient (Wildman–Crippen LogP) is 3.12. The molecule has 0 saturated carbocycles. The van der Waals surface area contributed by atoms with E-state index >= 15 is 0 Å². The van der Waals surface area contributed by atoms with Gasteiger partial charge in [-0.25, -0.2) is 4.99 Å². The first-order valence-electron chi connectivity index (χ1n) is 9.98. The Labute approximate surface area is 176 Å². The number of hydrogen-bond acceptors (Lipinski definition) is 4. The molecule has 1 fully saturated rings. The quantitative estimate of drug-likeness (QED) is 0.360. The van der Waals surface area contributed by atoms with Crippen LogP contribution in [0.1, 0.15) is 24.5 Å². The molecule has 1 aromatic rings. The van der Waals surface area contributed by atoms with E-state index in [0.717, 1.165) is 11.1 Å². The minimum Gasteiger partial charge on any atom is -0.493 e. The largest absolute Gasteiger partial charge is 0.493 e. The number of methoxy groups -OCH3 is 2. The van der Waals surface area contributed by atoms with Crippen LogP contribution in [0.2, 0.25) is 0 Å². The van der Waals surface area contributed by atoms with Gasteiger partial charge < -0.3 is 20.1 Å². The molecule has 2 N–H and O–H groups in total. The molecule has 1 aliphatic rings. The van der Waals surface area contributed by atoms with Crippen molar-refractivity contribution in [3.63, 3.8) is 0 Å². The molecule has 1 unspecified atom stereocenters. The molecule has 6 nitrogen and oxygen atoms in total. The summed E-state index contributed by atoms with van der Waals surface area (Å²) in [4.78, 5) is 6.02. The molecule has 1 aromatic carbocycles. The number of benzene rings is 1. The van der Waals surface area contributed by atoms with E-state index < -0.39 is 12.7 Å². The summed E-state index contributed by atoms with van der Waals surface area (Å²) >= 11 is 0. The van der Waals surface area contributed by atoms with E-state index in [-0.39, 0.29) is 6.04 Å². The first-order chi connectivity index (χ1) is 14.3. The van der Waals surface area contributed by atoms with E-state index in [1.165, 1.54) is 4.90 Å². The van der Waals surface area contributed by atoms with Crippen LogP contribution in [0, 0.1) is 0 Å². The van der Waals surface area contributed by atoms with Gasteiger partial charge in [-0.2, -0.15) is 13.2 Å². The van der Waals surface area contributed by atoms with Crippen molar-refractivity contribution in [2.24, 2.45) is 4.99 Å². The Hall–Kier alpha value is -2.42. The molecular formula is C21H31F3N4O2. The highest BCUT2D eigenvalue weighted by Crippen LogP contribution is 2.33. The number of halogens is 3. The molecule has 0 aliphatic carbocycles. The third-order valence-electron chi connectivity index (χ3n) is 4.76. The normalized spacial score (nSPS) is 17.7. The highest BCUT2D eigenvalue weighted by molar-refractivity contribution is 5.80. The van der Waals surface area contributed by atoms with Gasteiger partial charge in [0.15, 0.2) is 17.5 Å². The van der Waals surface area contributed by atoms with E-state index in [9.17, 15) is 13.2 Å². The smallest absolute Gasteiger partial charge is 0.401 e. The minimum atomic E-state index is -4.18. The Kier molecular flexibility index (Phi) is 8.83. The molecule has 9 heteroatoms. The Morgan fingerprint density at radius 3 is 2.70 bits per heavy atom. The molecule has 0 aromatic heterocycles. The summed E-state index contributed by atoms with van der Waals surface area (Å²) in [7, 11) is 3.18. The highest BCUT2D eigenvalue weighted by Gasteiger charge is 2.34. The summed E-state index contributed by atoms with van der Waals surface area (Å²) in [6.45, 7) is 6.64. The summed E-state index contributed by atoms with van der Waals surface area (Å²) in [5, 5.41) is 6.41. The second-order valence-electron chi connectivity index (χ2n) is 7.16. The van der Waals surface area contributed by atoms with Crippen LogP contribution in [-0.4, -0.2) is 63.5 Å². The molecule has 0 bridgehead atoms. The number of guanidine groups is 1. The van der Waals surface area contributed by atoms with Crippen LogP contribution in [-0.2, 0) is 13.0 Å². The zero-order chi connectivity index (χ0) is 22.1. The number of ether oxygens (including phenoxy) is 2. The number of rotatable bonds is 9. The Balaban J connectivity index is 2.09. The zero-order valence-electron chi connectivity index (χ0n) is 17.8. The van der Waals surface area contributed by atoms with Crippen LogP contribution >= 0.6 is 0 Å². The van der Waals surface area contributed by atoms with E-state index in [0.29, 0.717) is 56.5 Å². The predicted molar refractivity (Wildman–Crippen MR) is 112 cm³/mol. The van der Waals surface area contributed by atoms with Crippen molar-refractivity contribution < 1.29 is 22.6 Å². The molecule has 0 amide bonds. The lowest BCUT2D eigenvalue weighted by molar-refractivity contribution is -0.143. The van der Waals surface area contributed by atoms with E-state index in [1.807, 2.05) is 19.1 Å². The number of nitrogens with zero attached hydrogens (tertiary/aromatic N) is 2. The molecule has 1 atom stereocenters. The zero-order valence-corrected chi connectivity index (χ0v) is 17.8. The average molecular weight is 428 g/mol. The van der Waals surface area contributed by atoms with Crippen LogP contribution < -0.4 is 20.1 Å². The molecule has 1 aliphatic heterocycles. The number of hydrogen-bond donors (Lipinski definition) is 2. The van der Waals surface area contributed by atoms with Crippen LogP contribution in [0.4, 0.5) is 13.2 Å². The molecule has 1 saturated heterocycles. The first-order valence-corrected chi connectivity index (χ1v) is 9.98. The van der Waals surface area contributed by atoms with Crippen LogP contribution in [0.3, 0.4) is 0 Å². The van der Waals surface area contributed by atoms with E-state index in [4.69, 9.17) is 9.47 Å². The topological polar surface area (TPSA) is 58.1 Å². The van der Waals surface area contributed by atoms with Gasteiger partial charge in [0.1, 0.15) is 0 Å². The lowest BCUT2D eigenvalue weighted by Crippen LogP contribution is -2.45. The van der Waals surface area contributed by atoms with Crippen molar-refractivity contribution in [2.75, 3.05) is 40.4 Å². The van der Waals surface area contributed by atoms with Crippen molar-refractivity contribution >= 4 is 5.96 Å². The second-order valence-corrected chi connectivity index (χ2v) is 7.16. The van der Waals surface area contributed by atoms with Crippen molar-refractivity contribution in [1.82, 2.24) is 15.5 Å². The number of likely N-dealkylation sites (tertiary alicyclic amines) is 1. The van der Waals surface area contributed by atoms with Crippen LogP contribution in [0.15, 0.2) is 29.8 Å². The second kappa shape index (κ2) is 11.1. The summed E-state index contributed by atoms with van der Waals surface area (Å²) in [5.41, 5.74) is 1.89. The first kappa shape index (κ1) is 23.9. The van der Waals surface area contributed by atoms with Crippen molar-refractivity contribution in [2.45, 2.75) is 38.5 Å². The lowest BCUT2D eigenvalue weighted by Gasteiger charge is -2.20. The van der Waals surface area contributed by atoms with E-state index in [1.54, 1.807) is 20.3 Å². The van der Waals surface area contributed by atoms with Gasteiger partial charge in [0.2, 0.25) is 0 Å². The van der Waals surface area contributed by atoms with Gasteiger partial charge in [-0.05, 0) is 37.5 Å². The van der Waals surface area contributed by atoms with Crippen molar-refractivity contribution in [3.8, 4) is 11.5 Å². The maximum Gasteiger partial charge on any atom is 0.401 e. The van der Waals surface area contributed by atoms with Gasteiger partial charge >= 0.3 is 6.18 Å². The third kappa shape index (κ3) is 7.12. The lowest BCUT2D eigenvalue weighted by atomic mass is 10.1. The highest BCUT2D eigenvalue weighted by atomic mass is 19.4. The van der Waals surface area contributed by atoms with Crippen molar-refractivity contribution in [3.05, 3.63) is 35.9 Å². The minimum absolute atomic E-state index is 0.0770. The summed E-state index contributed by atoms with van der Waals surface area (Å²) in [6, 6.07) is 3.79. The van der Waals surface area contributed by atoms with E-state index in [2.05, 4.69) is 22.2 Å².